The molecular formula is C55H101NO5. The molecule has 0 bridgehead atoms. The Morgan fingerprint density at radius 1 is 0.492 bits per heavy atom. The number of esters is 1. The van der Waals surface area contributed by atoms with Crippen LogP contribution >= 0.6 is 0 Å². The minimum absolute atomic E-state index is 0.0342. The van der Waals surface area contributed by atoms with Crippen molar-refractivity contribution in [3.63, 3.8) is 0 Å². The van der Waals surface area contributed by atoms with Crippen LogP contribution in [0.25, 0.3) is 0 Å². The number of hydrogen-bond donors (Lipinski definition) is 3. The number of carbonyl (C=O) groups excluding carboxylic acids is 2. The molecule has 3 atom stereocenters. The van der Waals surface area contributed by atoms with Gasteiger partial charge in [-0.25, -0.2) is 0 Å². The number of aliphatic hydroxyl groups is 2. The molecule has 0 aromatic carbocycles. The maximum atomic E-state index is 13.2. The van der Waals surface area contributed by atoms with Gasteiger partial charge in [0.2, 0.25) is 5.91 Å². The van der Waals surface area contributed by atoms with Crippen LogP contribution in [0.2, 0.25) is 0 Å². The van der Waals surface area contributed by atoms with Gasteiger partial charge in [-0.05, 0) is 38.5 Å². The van der Waals surface area contributed by atoms with Crippen molar-refractivity contribution in [3.8, 4) is 0 Å². The lowest BCUT2D eigenvalue weighted by atomic mass is 10.0. The molecule has 6 heteroatoms. The third-order valence-electron chi connectivity index (χ3n) is 12.0. The van der Waals surface area contributed by atoms with Gasteiger partial charge >= 0.3 is 5.97 Å². The molecule has 6 nitrogen and oxygen atoms in total. The van der Waals surface area contributed by atoms with Crippen LogP contribution in [0.15, 0.2) is 48.6 Å². The van der Waals surface area contributed by atoms with Crippen molar-refractivity contribution >= 4 is 11.9 Å². The molecule has 0 aliphatic carbocycles. The van der Waals surface area contributed by atoms with Crippen molar-refractivity contribution in [3.05, 3.63) is 48.6 Å². The molecule has 0 aliphatic rings. The first kappa shape index (κ1) is 58.8. The maximum absolute atomic E-state index is 13.2. The molecule has 0 radical (unpaired) electrons. The Morgan fingerprint density at radius 3 is 1.31 bits per heavy atom. The number of carbonyl (C=O) groups is 2. The molecule has 0 aliphatic heterocycles. The minimum Gasteiger partial charge on any atom is -0.462 e. The molecule has 0 saturated carbocycles. The Morgan fingerprint density at radius 2 is 0.885 bits per heavy atom. The molecule has 0 spiro atoms. The van der Waals surface area contributed by atoms with Gasteiger partial charge in [-0.3, -0.25) is 9.59 Å². The van der Waals surface area contributed by atoms with Crippen LogP contribution in [-0.2, 0) is 14.3 Å². The van der Waals surface area contributed by atoms with Crippen LogP contribution in [0, 0.1) is 0 Å². The average molecular weight is 856 g/mol. The number of amides is 1. The van der Waals surface area contributed by atoms with Gasteiger partial charge in [0.15, 0.2) is 0 Å². The van der Waals surface area contributed by atoms with Crippen LogP contribution in [0.1, 0.15) is 265 Å². The highest BCUT2D eigenvalue weighted by molar-refractivity contribution is 5.77. The predicted molar refractivity (Wildman–Crippen MR) is 264 cm³/mol. The summed E-state index contributed by atoms with van der Waals surface area (Å²) in [5.41, 5.74) is 0. The monoisotopic (exact) mass is 856 g/mol. The smallest absolute Gasteiger partial charge is 0.306 e. The molecule has 0 saturated heterocycles. The summed E-state index contributed by atoms with van der Waals surface area (Å²) < 4.78 is 5.89. The average Bonchev–Trinajstić information content (AvgIpc) is 3.25. The van der Waals surface area contributed by atoms with E-state index in [-0.39, 0.29) is 24.9 Å². The summed E-state index contributed by atoms with van der Waals surface area (Å²) in [5.74, 6) is -0.533. The Kier molecular flexibility index (Phi) is 47.1. The number of aliphatic hydroxyl groups excluding tert-OH is 2. The highest BCUT2D eigenvalue weighted by Gasteiger charge is 2.24. The van der Waals surface area contributed by atoms with Crippen LogP contribution < -0.4 is 5.32 Å². The molecule has 61 heavy (non-hydrogen) atoms. The number of rotatable bonds is 47. The highest BCUT2D eigenvalue weighted by Crippen LogP contribution is 2.18. The maximum Gasteiger partial charge on any atom is 0.306 e. The molecule has 0 fully saturated rings. The summed E-state index contributed by atoms with van der Waals surface area (Å²) in [6.45, 7) is 6.34. The Labute approximate surface area is 378 Å². The van der Waals surface area contributed by atoms with E-state index in [2.05, 4.69) is 38.2 Å². The highest BCUT2D eigenvalue weighted by atomic mass is 16.5. The fraction of sp³-hybridized carbons (Fsp3) is 0.818. The second kappa shape index (κ2) is 48.8. The lowest BCUT2D eigenvalue weighted by molar-refractivity contribution is -0.151. The van der Waals surface area contributed by atoms with Gasteiger partial charge in [-0.15, -0.1) is 0 Å². The molecule has 0 heterocycles. The zero-order chi connectivity index (χ0) is 44.5. The van der Waals surface area contributed by atoms with E-state index >= 15 is 0 Å². The number of nitrogens with one attached hydrogen (secondary N) is 1. The molecule has 0 aromatic rings. The van der Waals surface area contributed by atoms with Crippen LogP contribution in [-0.4, -0.2) is 46.9 Å². The predicted octanol–water partition coefficient (Wildman–Crippen LogP) is 15.8. The van der Waals surface area contributed by atoms with E-state index in [0.717, 1.165) is 57.8 Å². The standard InChI is InChI=1S/C55H101NO5/c1-4-7-10-13-16-19-22-24-26-27-28-29-32-35-38-41-44-47-53(58)52(50-57)56-54(59)49-51(46-43-40-37-34-31-21-18-15-12-9-6-3)61-55(60)48-45-42-39-36-33-30-25-23-20-17-14-11-8-5-2/h9,12,15,18,21,31,34,37,51-53,57-58H,4-8,10-11,13-14,16-17,19-20,22-30,32-33,35-36,38-50H2,1-3H3,(H,56,59)/b12-9+,18-15+,31-21-,37-34-. The molecule has 0 rings (SSSR count). The number of hydrogen-bond acceptors (Lipinski definition) is 5. The number of allylic oxidation sites excluding steroid dienone is 8. The molecule has 0 aromatic heterocycles. The van der Waals surface area contributed by atoms with Crippen molar-refractivity contribution in [2.45, 2.75) is 283 Å². The molecule has 3 N–H and O–H groups in total. The van der Waals surface area contributed by atoms with Gasteiger partial charge in [0.1, 0.15) is 6.10 Å². The number of ether oxygens (including phenoxy) is 1. The van der Waals surface area contributed by atoms with Crippen LogP contribution in [0.3, 0.4) is 0 Å². The first-order valence-corrected chi connectivity index (χ1v) is 26.4. The first-order valence-electron chi connectivity index (χ1n) is 26.4. The molecule has 356 valence electrons. The minimum atomic E-state index is -0.803. The van der Waals surface area contributed by atoms with Crippen molar-refractivity contribution in [2.75, 3.05) is 6.61 Å². The van der Waals surface area contributed by atoms with Gasteiger partial charge in [0, 0.05) is 6.42 Å². The van der Waals surface area contributed by atoms with E-state index in [1.165, 1.54) is 161 Å². The van der Waals surface area contributed by atoms with E-state index in [1.807, 2.05) is 36.5 Å². The Hall–Kier alpha value is -2.18. The van der Waals surface area contributed by atoms with Crippen molar-refractivity contribution in [1.82, 2.24) is 5.32 Å². The largest absolute Gasteiger partial charge is 0.462 e. The van der Waals surface area contributed by atoms with E-state index < -0.39 is 18.2 Å². The normalized spacial score (nSPS) is 13.6. The summed E-state index contributed by atoms with van der Waals surface area (Å²) in [7, 11) is 0. The lowest BCUT2D eigenvalue weighted by Gasteiger charge is -2.24. The third-order valence-corrected chi connectivity index (χ3v) is 12.0. The number of unbranched alkanes of at least 4 members (excludes halogenated alkanes) is 30. The fourth-order valence-electron chi connectivity index (χ4n) is 8.04. The summed E-state index contributed by atoms with van der Waals surface area (Å²) in [6, 6.07) is -0.721. The van der Waals surface area contributed by atoms with E-state index in [4.69, 9.17) is 4.74 Å². The SMILES string of the molecule is CC/C=C/C=C/C=C\C=C/CCCC(CC(=O)NC(CO)C(O)CCCCCCCCCCCCCCCCCCC)OC(=O)CCCCCCCCCCCCCCCC. The first-order chi connectivity index (χ1) is 30.0. The van der Waals surface area contributed by atoms with Crippen molar-refractivity contribution in [1.29, 1.82) is 0 Å². The van der Waals surface area contributed by atoms with Gasteiger partial charge in [-0.1, -0.05) is 262 Å². The van der Waals surface area contributed by atoms with Gasteiger partial charge in [0.05, 0.1) is 25.2 Å². The molecule has 1 amide bonds. The summed E-state index contributed by atoms with van der Waals surface area (Å²) >= 11 is 0. The molecular weight excluding hydrogens is 755 g/mol. The topological polar surface area (TPSA) is 95.9 Å². The zero-order valence-electron chi connectivity index (χ0n) is 40.5. The fourth-order valence-corrected chi connectivity index (χ4v) is 8.04. The third kappa shape index (κ3) is 44.2. The molecule has 3 unspecified atom stereocenters. The quantitative estimate of drug-likeness (QED) is 0.0322. The summed E-state index contributed by atoms with van der Waals surface area (Å²) in [6.07, 6.45) is 59.0. The van der Waals surface area contributed by atoms with Crippen molar-refractivity contribution < 1.29 is 24.5 Å². The zero-order valence-corrected chi connectivity index (χ0v) is 40.5. The van der Waals surface area contributed by atoms with Crippen molar-refractivity contribution in [2.24, 2.45) is 0 Å². The lowest BCUT2D eigenvalue weighted by Crippen LogP contribution is -2.46. The summed E-state index contributed by atoms with van der Waals surface area (Å²) in [5, 5.41) is 23.8. The van der Waals surface area contributed by atoms with Gasteiger partial charge < -0.3 is 20.3 Å². The van der Waals surface area contributed by atoms with E-state index in [0.29, 0.717) is 19.3 Å². The Bertz CT molecular complexity index is 1050. The van der Waals surface area contributed by atoms with E-state index in [9.17, 15) is 19.8 Å². The second-order valence-corrected chi connectivity index (χ2v) is 18.0. The van der Waals surface area contributed by atoms with Gasteiger partial charge in [-0.2, -0.15) is 0 Å². The van der Waals surface area contributed by atoms with E-state index in [1.54, 1.807) is 0 Å². The Balaban J connectivity index is 4.51. The van der Waals surface area contributed by atoms with Crippen LogP contribution in [0.4, 0.5) is 0 Å². The van der Waals surface area contributed by atoms with Gasteiger partial charge in [0.25, 0.3) is 0 Å². The van der Waals surface area contributed by atoms with Crippen LogP contribution in [0.5, 0.6) is 0 Å². The second-order valence-electron chi connectivity index (χ2n) is 18.0. The summed E-state index contributed by atoms with van der Waals surface area (Å²) in [4.78, 5) is 26.1.